The summed E-state index contributed by atoms with van der Waals surface area (Å²) in [4.78, 5) is 11.7. The lowest BCUT2D eigenvalue weighted by Crippen LogP contribution is -2.19. The first kappa shape index (κ1) is 9.71. The van der Waals surface area contributed by atoms with Crippen LogP contribution in [0.4, 0.5) is 0 Å². The fraction of sp³-hybridized carbons (Fsp3) is 0.143. The van der Waals surface area contributed by atoms with E-state index in [0.29, 0.717) is 11.2 Å². The maximum absolute atomic E-state index is 11.0. The molecule has 1 aliphatic carbocycles. The Labute approximate surface area is 98.6 Å². The van der Waals surface area contributed by atoms with Crippen LogP contribution in [0.15, 0.2) is 48.6 Å². The molecule has 1 heterocycles. The molecule has 0 fully saturated rings. The highest BCUT2D eigenvalue weighted by Gasteiger charge is 2.30. The van der Waals surface area contributed by atoms with Gasteiger partial charge in [0.05, 0.1) is 4.91 Å². The van der Waals surface area contributed by atoms with E-state index in [1.807, 2.05) is 24.3 Å². The molecule has 0 radical (unpaired) electrons. The minimum atomic E-state index is 0.344. The lowest BCUT2D eigenvalue weighted by atomic mass is 9.88. The highest BCUT2D eigenvalue weighted by Crippen LogP contribution is 2.47. The zero-order valence-corrected chi connectivity index (χ0v) is 9.41. The number of hydrogen-bond donors (Lipinski definition) is 0. The van der Waals surface area contributed by atoms with Gasteiger partial charge in [-0.2, -0.15) is 0 Å². The molecule has 2 heteroatoms. The molecule has 78 valence electrons. The van der Waals surface area contributed by atoms with E-state index in [1.165, 1.54) is 5.56 Å². The highest BCUT2D eigenvalue weighted by molar-refractivity contribution is 8.09. The summed E-state index contributed by atoms with van der Waals surface area (Å²) in [5.41, 5.74) is 2.29. The van der Waals surface area contributed by atoms with Gasteiger partial charge in [-0.1, -0.05) is 48.6 Å². The summed E-state index contributed by atoms with van der Waals surface area (Å²) in [7, 11) is 0. The zero-order valence-electron chi connectivity index (χ0n) is 8.59. The number of hydrogen-bond acceptors (Lipinski definition) is 2. The molecule has 1 aromatic rings. The molecule has 2 unspecified atom stereocenters. The van der Waals surface area contributed by atoms with E-state index in [4.69, 9.17) is 0 Å². The first-order valence-corrected chi connectivity index (χ1v) is 6.14. The normalized spacial score (nSPS) is 25.9. The van der Waals surface area contributed by atoms with Crippen LogP contribution in [0.1, 0.15) is 17.0 Å². The molecule has 0 saturated heterocycles. The van der Waals surface area contributed by atoms with Gasteiger partial charge in [0.1, 0.15) is 5.94 Å². The van der Waals surface area contributed by atoms with Crippen molar-refractivity contribution in [1.29, 1.82) is 0 Å². The van der Waals surface area contributed by atoms with Crippen LogP contribution in [0.2, 0.25) is 0 Å². The fourth-order valence-electron chi connectivity index (χ4n) is 2.25. The molecule has 1 aliphatic heterocycles. The topological polar surface area (TPSA) is 17.1 Å². The van der Waals surface area contributed by atoms with Crippen molar-refractivity contribution in [3.05, 3.63) is 59.7 Å². The average molecular weight is 226 g/mol. The van der Waals surface area contributed by atoms with E-state index in [0.717, 1.165) is 10.5 Å². The van der Waals surface area contributed by atoms with Gasteiger partial charge >= 0.3 is 0 Å². The smallest absolute Gasteiger partial charge is 0.140 e. The van der Waals surface area contributed by atoms with Crippen LogP contribution in [0, 0.1) is 0 Å². The van der Waals surface area contributed by atoms with Gasteiger partial charge in [-0.05, 0) is 5.56 Å². The second-order valence-corrected chi connectivity index (χ2v) is 5.08. The molecule has 1 nitrogen and oxygen atoms in total. The maximum atomic E-state index is 11.0. The van der Waals surface area contributed by atoms with Gasteiger partial charge in [0.25, 0.3) is 0 Å². The molecule has 1 aromatic carbocycles. The second-order valence-electron chi connectivity index (χ2n) is 3.90. The lowest BCUT2D eigenvalue weighted by molar-refractivity contribution is 0.570. The van der Waals surface area contributed by atoms with Crippen molar-refractivity contribution in [2.45, 2.75) is 11.2 Å². The third-order valence-corrected chi connectivity index (χ3v) is 4.26. The Bertz CT molecular complexity index is 535. The molecule has 2 aliphatic rings. The number of rotatable bonds is 0. The molecule has 16 heavy (non-hydrogen) atoms. The minimum Gasteiger partial charge on any atom is -0.232 e. The van der Waals surface area contributed by atoms with Crippen molar-refractivity contribution >= 4 is 22.6 Å². The predicted molar refractivity (Wildman–Crippen MR) is 67.9 cm³/mol. The summed E-state index contributed by atoms with van der Waals surface area (Å²) in [5, 5.41) is 0.344. The first-order valence-electron chi connectivity index (χ1n) is 5.26. The molecular formula is C14H10OS. The SMILES string of the molecule is O=C=C1SC2C=CC=CC2c2ccccc21. The molecule has 0 bridgehead atoms. The Balaban J connectivity index is 2.21. The number of benzene rings is 1. The molecule has 0 saturated carbocycles. The van der Waals surface area contributed by atoms with Crippen LogP contribution in [0.3, 0.4) is 0 Å². The summed E-state index contributed by atoms with van der Waals surface area (Å²) in [6.07, 6.45) is 8.49. The fourth-order valence-corrected chi connectivity index (χ4v) is 3.44. The number of carbonyl (C=O) groups excluding carboxylic acids is 1. The summed E-state index contributed by atoms with van der Waals surface area (Å²) in [6.45, 7) is 0. The van der Waals surface area contributed by atoms with Gasteiger partial charge in [-0.25, -0.2) is 4.79 Å². The highest BCUT2D eigenvalue weighted by atomic mass is 32.2. The van der Waals surface area contributed by atoms with Crippen LogP contribution in [0.25, 0.3) is 4.91 Å². The predicted octanol–water partition coefficient (Wildman–Crippen LogP) is 3.18. The summed E-state index contributed by atoms with van der Waals surface area (Å²) in [6, 6.07) is 8.11. The molecule has 0 spiro atoms. The van der Waals surface area contributed by atoms with Gasteiger partial charge in [0, 0.05) is 16.7 Å². The molecule has 3 rings (SSSR count). The first-order chi connectivity index (χ1) is 7.90. The largest absolute Gasteiger partial charge is 0.232 e. The summed E-state index contributed by atoms with van der Waals surface area (Å²) < 4.78 is 0. The van der Waals surface area contributed by atoms with Crippen molar-refractivity contribution in [2.24, 2.45) is 0 Å². The summed E-state index contributed by atoms with van der Waals surface area (Å²) in [5.74, 6) is 2.46. The van der Waals surface area contributed by atoms with Gasteiger partial charge in [-0.3, -0.25) is 0 Å². The Kier molecular flexibility index (Phi) is 2.32. The van der Waals surface area contributed by atoms with Crippen molar-refractivity contribution in [1.82, 2.24) is 0 Å². The molecule has 0 amide bonds. The Morgan fingerprint density at radius 1 is 1.12 bits per heavy atom. The minimum absolute atomic E-state index is 0.344. The summed E-state index contributed by atoms with van der Waals surface area (Å²) >= 11 is 1.61. The number of allylic oxidation sites excluding steroid dienone is 3. The van der Waals surface area contributed by atoms with Crippen LogP contribution in [-0.2, 0) is 4.79 Å². The van der Waals surface area contributed by atoms with Crippen molar-refractivity contribution in [3.63, 3.8) is 0 Å². The lowest BCUT2D eigenvalue weighted by Gasteiger charge is -2.31. The Morgan fingerprint density at radius 2 is 1.94 bits per heavy atom. The third-order valence-electron chi connectivity index (χ3n) is 3.00. The van der Waals surface area contributed by atoms with E-state index in [2.05, 4.69) is 30.2 Å². The van der Waals surface area contributed by atoms with Crippen LogP contribution in [-0.4, -0.2) is 11.2 Å². The maximum Gasteiger partial charge on any atom is 0.140 e. The van der Waals surface area contributed by atoms with Crippen LogP contribution >= 0.6 is 11.8 Å². The van der Waals surface area contributed by atoms with Crippen LogP contribution in [0.5, 0.6) is 0 Å². The monoisotopic (exact) mass is 226 g/mol. The van der Waals surface area contributed by atoms with Crippen LogP contribution < -0.4 is 0 Å². The average Bonchev–Trinajstić information content (AvgIpc) is 2.38. The second kappa shape index (κ2) is 3.82. The van der Waals surface area contributed by atoms with Crippen molar-refractivity contribution < 1.29 is 4.79 Å². The molecule has 0 N–H and O–H groups in total. The van der Waals surface area contributed by atoms with Gasteiger partial charge in [-0.15, -0.1) is 11.8 Å². The van der Waals surface area contributed by atoms with E-state index >= 15 is 0 Å². The van der Waals surface area contributed by atoms with E-state index in [-0.39, 0.29) is 0 Å². The van der Waals surface area contributed by atoms with E-state index in [1.54, 1.807) is 11.8 Å². The molecular weight excluding hydrogens is 216 g/mol. The van der Waals surface area contributed by atoms with E-state index < -0.39 is 0 Å². The zero-order chi connectivity index (χ0) is 11.0. The van der Waals surface area contributed by atoms with Gasteiger partial charge < -0.3 is 0 Å². The number of fused-ring (bicyclic) bond motifs is 3. The Hall–Kier alpha value is -1.50. The van der Waals surface area contributed by atoms with Crippen molar-refractivity contribution in [3.8, 4) is 0 Å². The van der Waals surface area contributed by atoms with E-state index in [9.17, 15) is 4.79 Å². The van der Waals surface area contributed by atoms with Gasteiger partial charge in [0.2, 0.25) is 0 Å². The number of thioether (sulfide) groups is 1. The standard InChI is InChI=1S/C14H10OS/c15-9-14-12-7-2-1-5-10(12)11-6-3-4-8-13(11)16-14/h1-8,11,13H. The molecule has 0 aromatic heterocycles. The van der Waals surface area contributed by atoms with Gasteiger partial charge in [0.15, 0.2) is 0 Å². The third kappa shape index (κ3) is 1.39. The Morgan fingerprint density at radius 3 is 2.81 bits per heavy atom. The quantitative estimate of drug-likeness (QED) is 0.632. The molecule has 2 atom stereocenters. The van der Waals surface area contributed by atoms with Crippen molar-refractivity contribution in [2.75, 3.05) is 0 Å².